The average molecular weight is 405 g/mol. The van der Waals surface area contributed by atoms with Gasteiger partial charge in [-0.3, -0.25) is 9.59 Å². The molecule has 1 atom stereocenters. The summed E-state index contributed by atoms with van der Waals surface area (Å²) >= 11 is 1.43. The van der Waals surface area contributed by atoms with Crippen molar-refractivity contribution < 1.29 is 18.7 Å². The first-order chi connectivity index (χ1) is 13.4. The van der Waals surface area contributed by atoms with Crippen LogP contribution < -0.4 is 10.1 Å². The third-order valence-electron chi connectivity index (χ3n) is 4.31. The van der Waals surface area contributed by atoms with Crippen molar-refractivity contribution in [3.63, 3.8) is 0 Å². The van der Waals surface area contributed by atoms with Crippen LogP contribution in [0.2, 0.25) is 0 Å². The molecule has 0 fully saturated rings. The second kappa shape index (κ2) is 10.7. The molecule has 0 bridgehead atoms. The summed E-state index contributed by atoms with van der Waals surface area (Å²) in [5.74, 6) is 0.874. The highest BCUT2D eigenvalue weighted by molar-refractivity contribution is 7.99. The second-order valence-corrected chi connectivity index (χ2v) is 7.27. The van der Waals surface area contributed by atoms with Crippen molar-refractivity contribution in [1.29, 1.82) is 0 Å². The molecule has 0 aliphatic heterocycles. The number of likely N-dealkylation sites (N-methyl/N-ethyl adjacent to an activating group) is 1. The molecule has 0 unspecified atom stereocenters. The van der Waals surface area contributed by atoms with Gasteiger partial charge in [-0.05, 0) is 42.3 Å². The van der Waals surface area contributed by atoms with Crippen LogP contribution in [0.3, 0.4) is 0 Å². The molecule has 0 aliphatic carbocycles. The Kier molecular flexibility index (Phi) is 8.32. The van der Waals surface area contributed by atoms with Gasteiger partial charge < -0.3 is 15.0 Å². The molecule has 1 N–H and O–H groups in total. The standard InChI is InChI=1S/C21H25FN2O3S/c1-15(21(26)23-2)24(12-17-5-4-6-19(11-17)27-3)20(25)14-28-13-16-7-9-18(22)10-8-16/h4-11,15H,12-14H2,1-3H3,(H,23,26)/t15-/m0/s1. The Labute approximate surface area is 169 Å². The molecule has 2 rings (SSSR count). The third kappa shape index (κ3) is 6.27. The van der Waals surface area contributed by atoms with Crippen molar-refractivity contribution in [2.24, 2.45) is 0 Å². The Morgan fingerprint density at radius 1 is 1.18 bits per heavy atom. The smallest absolute Gasteiger partial charge is 0.242 e. The molecule has 7 heteroatoms. The number of halogens is 1. The maximum absolute atomic E-state index is 13.0. The van der Waals surface area contributed by atoms with E-state index < -0.39 is 6.04 Å². The Morgan fingerprint density at radius 3 is 2.54 bits per heavy atom. The van der Waals surface area contributed by atoms with Gasteiger partial charge in [0, 0.05) is 19.3 Å². The van der Waals surface area contributed by atoms with E-state index in [1.807, 2.05) is 24.3 Å². The fourth-order valence-electron chi connectivity index (χ4n) is 2.68. The molecule has 0 aliphatic rings. The quantitative estimate of drug-likeness (QED) is 0.697. The van der Waals surface area contributed by atoms with E-state index in [1.54, 1.807) is 38.1 Å². The lowest BCUT2D eigenvalue weighted by Gasteiger charge is -2.28. The summed E-state index contributed by atoms with van der Waals surface area (Å²) < 4.78 is 18.2. The van der Waals surface area contributed by atoms with Gasteiger partial charge in [-0.2, -0.15) is 0 Å². The van der Waals surface area contributed by atoms with Crippen LogP contribution in [-0.4, -0.2) is 42.7 Å². The van der Waals surface area contributed by atoms with Crippen LogP contribution in [0.25, 0.3) is 0 Å². The van der Waals surface area contributed by atoms with Crippen LogP contribution in [0.4, 0.5) is 4.39 Å². The molecule has 2 aromatic carbocycles. The maximum atomic E-state index is 13.0. The van der Waals surface area contributed by atoms with E-state index >= 15 is 0 Å². The fourth-order valence-corrected chi connectivity index (χ4v) is 3.55. The number of nitrogens with one attached hydrogen (secondary N) is 1. The molecular weight excluding hydrogens is 379 g/mol. The lowest BCUT2D eigenvalue weighted by molar-refractivity contribution is -0.138. The van der Waals surface area contributed by atoms with Gasteiger partial charge in [0.25, 0.3) is 0 Å². The van der Waals surface area contributed by atoms with Gasteiger partial charge in [0.2, 0.25) is 11.8 Å². The van der Waals surface area contributed by atoms with Crippen molar-refractivity contribution >= 4 is 23.6 Å². The molecule has 0 saturated heterocycles. The summed E-state index contributed by atoms with van der Waals surface area (Å²) in [6, 6.07) is 13.0. The van der Waals surface area contributed by atoms with E-state index in [2.05, 4.69) is 5.32 Å². The van der Waals surface area contributed by atoms with Crippen molar-refractivity contribution in [3.05, 3.63) is 65.5 Å². The molecule has 2 aromatic rings. The number of carbonyl (C=O) groups excluding carboxylic acids is 2. The average Bonchev–Trinajstić information content (AvgIpc) is 2.72. The SMILES string of the molecule is CNC(=O)[C@H](C)N(Cc1cccc(OC)c1)C(=O)CSCc1ccc(F)cc1. The second-order valence-electron chi connectivity index (χ2n) is 6.28. The number of ether oxygens (including phenoxy) is 1. The van der Waals surface area contributed by atoms with Crippen LogP contribution in [0, 0.1) is 5.82 Å². The van der Waals surface area contributed by atoms with Crippen LogP contribution in [0.5, 0.6) is 5.75 Å². The maximum Gasteiger partial charge on any atom is 0.242 e. The first-order valence-corrected chi connectivity index (χ1v) is 10.1. The van der Waals surface area contributed by atoms with E-state index in [4.69, 9.17) is 4.74 Å². The highest BCUT2D eigenvalue weighted by Crippen LogP contribution is 2.18. The number of amides is 2. The molecule has 0 spiro atoms. The van der Waals surface area contributed by atoms with Gasteiger partial charge in [0.15, 0.2) is 0 Å². The number of nitrogens with zero attached hydrogens (tertiary/aromatic N) is 1. The summed E-state index contributed by atoms with van der Waals surface area (Å²) in [6.07, 6.45) is 0. The zero-order valence-electron chi connectivity index (χ0n) is 16.3. The number of hydrogen-bond acceptors (Lipinski definition) is 4. The monoisotopic (exact) mass is 404 g/mol. The van der Waals surface area contributed by atoms with Crippen LogP contribution in [0.1, 0.15) is 18.1 Å². The summed E-state index contributed by atoms with van der Waals surface area (Å²) in [6.45, 7) is 2.02. The molecule has 0 saturated carbocycles. The predicted octanol–water partition coefficient (Wildman–Crippen LogP) is 3.23. The predicted molar refractivity (Wildman–Crippen MR) is 110 cm³/mol. The third-order valence-corrected chi connectivity index (χ3v) is 5.30. The number of benzene rings is 2. The van der Waals surface area contributed by atoms with E-state index in [-0.39, 0.29) is 23.4 Å². The van der Waals surface area contributed by atoms with Gasteiger partial charge in [-0.15, -0.1) is 11.8 Å². The Balaban J connectivity index is 2.05. The molecule has 0 heterocycles. The molecule has 5 nitrogen and oxygen atoms in total. The van der Waals surface area contributed by atoms with Crippen molar-refractivity contribution in [2.45, 2.75) is 25.3 Å². The highest BCUT2D eigenvalue weighted by atomic mass is 32.2. The minimum Gasteiger partial charge on any atom is -0.497 e. The summed E-state index contributed by atoms with van der Waals surface area (Å²) in [5, 5.41) is 2.60. The zero-order valence-corrected chi connectivity index (χ0v) is 17.1. The van der Waals surface area contributed by atoms with Gasteiger partial charge >= 0.3 is 0 Å². The number of hydrogen-bond donors (Lipinski definition) is 1. The number of carbonyl (C=O) groups is 2. The lowest BCUT2D eigenvalue weighted by atomic mass is 10.1. The molecule has 0 radical (unpaired) electrons. The van der Waals surface area contributed by atoms with E-state index in [1.165, 1.54) is 23.9 Å². The van der Waals surface area contributed by atoms with Crippen LogP contribution in [-0.2, 0) is 21.9 Å². The lowest BCUT2D eigenvalue weighted by Crippen LogP contribution is -2.47. The Bertz CT molecular complexity index is 798. The summed E-state index contributed by atoms with van der Waals surface area (Å²) in [7, 11) is 3.14. The Hall–Kier alpha value is -2.54. The molecule has 28 heavy (non-hydrogen) atoms. The van der Waals surface area contributed by atoms with Crippen LogP contribution in [0.15, 0.2) is 48.5 Å². The largest absolute Gasteiger partial charge is 0.497 e. The normalized spacial score (nSPS) is 11.6. The topological polar surface area (TPSA) is 58.6 Å². The number of rotatable bonds is 9. The molecule has 0 aromatic heterocycles. The van der Waals surface area contributed by atoms with E-state index in [9.17, 15) is 14.0 Å². The molecule has 2 amide bonds. The fraction of sp³-hybridized carbons (Fsp3) is 0.333. The minimum absolute atomic E-state index is 0.133. The molecule has 150 valence electrons. The van der Waals surface area contributed by atoms with Gasteiger partial charge in [-0.25, -0.2) is 4.39 Å². The van der Waals surface area contributed by atoms with Crippen molar-refractivity contribution in [1.82, 2.24) is 10.2 Å². The first-order valence-electron chi connectivity index (χ1n) is 8.90. The van der Waals surface area contributed by atoms with E-state index in [0.717, 1.165) is 11.1 Å². The Morgan fingerprint density at radius 2 is 1.89 bits per heavy atom. The highest BCUT2D eigenvalue weighted by Gasteiger charge is 2.25. The van der Waals surface area contributed by atoms with Crippen molar-refractivity contribution in [3.8, 4) is 5.75 Å². The minimum atomic E-state index is -0.602. The first kappa shape index (κ1) is 21.8. The van der Waals surface area contributed by atoms with Gasteiger partial charge in [0.05, 0.1) is 12.9 Å². The number of thioether (sulfide) groups is 1. The van der Waals surface area contributed by atoms with Crippen molar-refractivity contribution in [2.75, 3.05) is 19.9 Å². The van der Waals surface area contributed by atoms with E-state index in [0.29, 0.717) is 18.0 Å². The van der Waals surface area contributed by atoms with Gasteiger partial charge in [-0.1, -0.05) is 24.3 Å². The molecular formula is C21H25FN2O3S. The summed E-state index contributed by atoms with van der Waals surface area (Å²) in [5.41, 5.74) is 1.82. The zero-order chi connectivity index (χ0) is 20.5. The number of methoxy groups -OCH3 is 1. The van der Waals surface area contributed by atoms with Gasteiger partial charge in [0.1, 0.15) is 17.6 Å². The van der Waals surface area contributed by atoms with Crippen LogP contribution >= 0.6 is 11.8 Å². The summed E-state index contributed by atoms with van der Waals surface area (Å²) in [4.78, 5) is 26.5.